The number of nitrogens with one attached hydrogen (secondary N) is 1. The van der Waals surface area contributed by atoms with Crippen molar-refractivity contribution in [2.45, 2.75) is 57.3 Å². The summed E-state index contributed by atoms with van der Waals surface area (Å²) in [7, 11) is 0. The Bertz CT molecular complexity index is 962. The van der Waals surface area contributed by atoms with Crippen LogP contribution in [-0.4, -0.2) is 41.3 Å². The molecule has 0 radical (unpaired) electrons. The molecule has 1 aromatic carbocycles. The maximum Gasteiger partial charge on any atom is 0.270 e. The van der Waals surface area contributed by atoms with E-state index in [9.17, 15) is 14.0 Å². The second kappa shape index (κ2) is 10.9. The molecule has 7 heteroatoms. The fourth-order valence-electron chi connectivity index (χ4n) is 4.40. The van der Waals surface area contributed by atoms with Gasteiger partial charge in [0.05, 0.1) is 11.4 Å². The van der Waals surface area contributed by atoms with E-state index >= 15 is 0 Å². The summed E-state index contributed by atoms with van der Waals surface area (Å²) in [5.41, 5.74) is 2.78. The summed E-state index contributed by atoms with van der Waals surface area (Å²) in [6.45, 7) is 2.02. The minimum Gasteiger partial charge on any atom is -0.350 e. The maximum atomic E-state index is 13.0. The molecule has 2 aliphatic rings. The van der Waals surface area contributed by atoms with Crippen LogP contribution in [0.3, 0.4) is 0 Å². The number of halogens is 1. The highest BCUT2D eigenvalue weighted by atomic mass is 32.1. The fraction of sp³-hybridized carbons (Fsp3) is 0.480. The SMILES string of the molecule is O=C(NCCC1=CCCCC1)c1csc(C2CCN(C(=O)Cc3ccc(F)cc3)CC2)n1. The number of thiazole rings is 1. The smallest absolute Gasteiger partial charge is 0.270 e. The Labute approximate surface area is 192 Å². The van der Waals surface area contributed by atoms with E-state index in [2.05, 4.69) is 16.4 Å². The first-order valence-electron chi connectivity index (χ1n) is 11.5. The molecule has 32 heavy (non-hydrogen) atoms. The lowest BCUT2D eigenvalue weighted by molar-refractivity contribution is -0.131. The highest BCUT2D eigenvalue weighted by Crippen LogP contribution is 2.30. The summed E-state index contributed by atoms with van der Waals surface area (Å²) in [6.07, 6.45) is 10.1. The molecular weight excluding hydrogens is 425 g/mol. The van der Waals surface area contributed by atoms with Crippen LogP contribution < -0.4 is 5.32 Å². The van der Waals surface area contributed by atoms with E-state index in [1.807, 2.05) is 10.3 Å². The molecule has 4 rings (SSSR count). The lowest BCUT2D eigenvalue weighted by Gasteiger charge is -2.31. The molecule has 1 aliphatic carbocycles. The molecule has 2 aromatic rings. The van der Waals surface area contributed by atoms with Gasteiger partial charge in [-0.3, -0.25) is 9.59 Å². The Morgan fingerprint density at radius 1 is 1.16 bits per heavy atom. The number of carbonyl (C=O) groups excluding carboxylic acids is 2. The number of nitrogens with zero attached hydrogens (tertiary/aromatic N) is 2. The van der Waals surface area contributed by atoms with Crippen molar-refractivity contribution in [3.8, 4) is 0 Å². The third-order valence-electron chi connectivity index (χ3n) is 6.34. The molecule has 1 aliphatic heterocycles. The quantitative estimate of drug-likeness (QED) is 0.607. The molecule has 5 nitrogen and oxygen atoms in total. The van der Waals surface area contributed by atoms with Crippen molar-refractivity contribution in [2.75, 3.05) is 19.6 Å². The number of amides is 2. The Kier molecular flexibility index (Phi) is 7.68. The standard InChI is InChI=1S/C25H30FN3O2S/c26-21-8-6-19(7-9-21)16-23(30)29-14-11-20(12-15-29)25-28-22(17-32-25)24(31)27-13-10-18-4-2-1-3-5-18/h4,6-9,17,20H,1-3,5,10-16H2,(H,27,31). The summed E-state index contributed by atoms with van der Waals surface area (Å²) in [6, 6.07) is 6.10. The molecule has 0 atom stereocenters. The van der Waals surface area contributed by atoms with E-state index in [4.69, 9.17) is 0 Å². The van der Waals surface area contributed by atoms with Crippen molar-refractivity contribution < 1.29 is 14.0 Å². The van der Waals surface area contributed by atoms with E-state index in [-0.39, 0.29) is 23.5 Å². The topological polar surface area (TPSA) is 62.3 Å². The predicted molar refractivity (Wildman–Crippen MR) is 124 cm³/mol. The van der Waals surface area contributed by atoms with Crippen LogP contribution in [0.5, 0.6) is 0 Å². The minimum atomic E-state index is -0.292. The average molecular weight is 456 g/mol. The number of carbonyl (C=O) groups is 2. The molecule has 170 valence electrons. The van der Waals surface area contributed by atoms with Crippen LogP contribution >= 0.6 is 11.3 Å². The van der Waals surface area contributed by atoms with E-state index in [0.717, 1.165) is 42.7 Å². The second-order valence-corrected chi connectivity index (χ2v) is 9.53. The van der Waals surface area contributed by atoms with E-state index in [1.54, 1.807) is 12.1 Å². The van der Waals surface area contributed by atoms with Gasteiger partial charge in [0.15, 0.2) is 0 Å². The van der Waals surface area contributed by atoms with Crippen molar-refractivity contribution in [3.05, 3.63) is 63.4 Å². The highest BCUT2D eigenvalue weighted by molar-refractivity contribution is 7.09. The Balaban J connectivity index is 1.22. The number of likely N-dealkylation sites (tertiary alicyclic amines) is 1. The molecule has 0 spiro atoms. The van der Waals surface area contributed by atoms with E-state index in [0.29, 0.717) is 31.7 Å². The molecule has 1 fully saturated rings. The molecule has 0 unspecified atom stereocenters. The van der Waals surface area contributed by atoms with Gasteiger partial charge in [-0.1, -0.05) is 23.8 Å². The van der Waals surface area contributed by atoms with Gasteiger partial charge in [0.25, 0.3) is 5.91 Å². The first-order chi connectivity index (χ1) is 15.6. The van der Waals surface area contributed by atoms with Gasteiger partial charge in [0.1, 0.15) is 11.5 Å². The average Bonchev–Trinajstić information content (AvgIpc) is 3.32. The number of piperidine rings is 1. The minimum absolute atomic E-state index is 0.0716. The lowest BCUT2D eigenvalue weighted by atomic mass is 9.97. The summed E-state index contributed by atoms with van der Waals surface area (Å²) < 4.78 is 13.0. The van der Waals surface area contributed by atoms with Crippen LogP contribution in [-0.2, 0) is 11.2 Å². The zero-order valence-corrected chi connectivity index (χ0v) is 19.1. The van der Waals surface area contributed by atoms with Crippen molar-refractivity contribution in [3.63, 3.8) is 0 Å². The number of hydrogen-bond donors (Lipinski definition) is 1. The molecule has 2 amide bonds. The summed E-state index contributed by atoms with van der Waals surface area (Å²) in [5.74, 6) is -0.0397. The van der Waals surface area contributed by atoms with Gasteiger partial charge >= 0.3 is 0 Å². The van der Waals surface area contributed by atoms with E-state index < -0.39 is 0 Å². The Morgan fingerprint density at radius 2 is 1.94 bits per heavy atom. The Hall–Kier alpha value is -2.54. The third kappa shape index (κ3) is 6.03. The number of rotatable bonds is 7. The maximum absolute atomic E-state index is 13.0. The van der Waals surface area contributed by atoms with Crippen molar-refractivity contribution in [2.24, 2.45) is 0 Å². The van der Waals surface area contributed by atoms with Gasteiger partial charge in [-0.2, -0.15) is 0 Å². The summed E-state index contributed by atoms with van der Waals surface area (Å²) in [5, 5.41) is 5.83. The zero-order valence-electron chi connectivity index (χ0n) is 18.3. The normalized spacial score (nSPS) is 17.2. The van der Waals surface area contributed by atoms with Crippen molar-refractivity contribution in [1.82, 2.24) is 15.2 Å². The van der Waals surface area contributed by atoms with Crippen LogP contribution in [0, 0.1) is 5.82 Å². The van der Waals surface area contributed by atoms with Crippen LogP contribution in [0.25, 0.3) is 0 Å². The van der Waals surface area contributed by atoms with Gasteiger partial charge < -0.3 is 10.2 Å². The van der Waals surface area contributed by atoms with Crippen LogP contribution in [0.1, 0.15) is 71.9 Å². The summed E-state index contributed by atoms with van der Waals surface area (Å²) in [4.78, 5) is 31.5. The Morgan fingerprint density at radius 3 is 2.66 bits per heavy atom. The van der Waals surface area contributed by atoms with Gasteiger partial charge in [-0.05, 0) is 62.6 Å². The van der Waals surface area contributed by atoms with Crippen LogP contribution in [0.2, 0.25) is 0 Å². The van der Waals surface area contributed by atoms with Crippen LogP contribution in [0.15, 0.2) is 41.3 Å². The first kappa shape index (κ1) is 22.6. The number of allylic oxidation sites excluding steroid dienone is 1. The largest absolute Gasteiger partial charge is 0.350 e. The van der Waals surface area contributed by atoms with Gasteiger partial charge in [-0.15, -0.1) is 11.3 Å². The van der Waals surface area contributed by atoms with Crippen molar-refractivity contribution in [1.29, 1.82) is 0 Å². The lowest BCUT2D eigenvalue weighted by Crippen LogP contribution is -2.38. The number of aromatic nitrogens is 1. The van der Waals surface area contributed by atoms with Gasteiger partial charge in [0, 0.05) is 30.9 Å². The number of benzene rings is 1. The third-order valence-corrected chi connectivity index (χ3v) is 7.34. The predicted octanol–water partition coefficient (Wildman–Crippen LogP) is 4.85. The summed E-state index contributed by atoms with van der Waals surface area (Å²) >= 11 is 1.54. The molecule has 0 saturated carbocycles. The molecule has 2 heterocycles. The fourth-order valence-corrected chi connectivity index (χ4v) is 5.37. The van der Waals surface area contributed by atoms with Gasteiger partial charge in [-0.25, -0.2) is 9.37 Å². The second-order valence-electron chi connectivity index (χ2n) is 8.64. The molecular formula is C25H30FN3O2S. The first-order valence-corrected chi connectivity index (χ1v) is 12.4. The molecule has 0 bridgehead atoms. The van der Waals surface area contributed by atoms with Gasteiger partial charge in [0.2, 0.25) is 5.91 Å². The zero-order chi connectivity index (χ0) is 22.3. The highest BCUT2D eigenvalue weighted by Gasteiger charge is 2.26. The van der Waals surface area contributed by atoms with Crippen molar-refractivity contribution >= 4 is 23.2 Å². The van der Waals surface area contributed by atoms with E-state index in [1.165, 1.54) is 41.9 Å². The number of hydrogen-bond acceptors (Lipinski definition) is 4. The molecule has 1 saturated heterocycles. The monoisotopic (exact) mass is 455 g/mol. The molecule has 1 N–H and O–H groups in total. The van der Waals surface area contributed by atoms with Crippen LogP contribution in [0.4, 0.5) is 4.39 Å². The molecule has 1 aromatic heterocycles.